The van der Waals surface area contributed by atoms with Crippen molar-refractivity contribution >= 4 is 6.09 Å². The van der Waals surface area contributed by atoms with Crippen LogP contribution < -0.4 is 0 Å². The van der Waals surface area contributed by atoms with Crippen LogP contribution in [0, 0.1) is 0 Å². The number of rotatable bonds is 4. The van der Waals surface area contributed by atoms with E-state index in [4.69, 9.17) is 9.47 Å². The number of nitrogens with zero attached hydrogens (tertiary/aromatic N) is 3. The molecule has 1 amide bonds. The Labute approximate surface area is 137 Å². The Morgan fingerprint density at radius 1 is 1.57 bits per heavy atom. The summed E-state index contributed by atoms with van der Waals surface area (Å²) in [7, 11) is 0. The number of aromatic nitrogens is 2. The quantitative estimate of drug-likeness (QED) is 0.916. The molecule has 0 saturated carbocycles. The van der Waals surface area contributed by atoms with Crippen LogP contribution in [-0.4, -0.2) is 57.3 Å². The number of morpholine rings is 1. The molecule has 1 aromatic rings. The van der Waals surface area contributed by atoms with E-state index in [-0.39, 0.29) is 6.61 Å². The third-order valence-corrected chi connectivity index (χ3v) is 3.61. The Bertz CT molecular complexity index is 524. The Morgan fingerprint density at radius 3 is 2.96 bits per heavy atom. The van der Waals surface area contributed by atoms with Gasteiger partial charge in [-0.15, -0.1) is 0 Å². The van der Waals surface area contributed by atoms with Crippen molar-refractivity contribution in [3.05, 3.63) is 18.0 Å². The molecule has 1 aliphatic rings. The van der Waals surface area contributed by atoms with Crippen molar-refractivity contribution in [1.29, 1.82) is 0 Å². The highest BCUT2D eigenvalue weighted by Crippen LogP contribution is 2.25. The summed E-state index contributed by atoms with van der Waals surface area (Å²) in [6.07, 6.45) is 3.14. The zero-order chi connectivity index (χ0) is 17.0. The average molecular weight is 325 g/mol. The molecule has 1 N–H and O–H groups in total. The van der Waals surface area contributed by atoms with Gasteiger partial charge < -0.3 is 14.6 Å². The Morgan fingerprint density at radius 2 is 2.30 bits per heavy atom. The van der Waals surface area contributed by atoms with E-state index in [1.165, 1.54) is 0 Å². The first-order valence-electron chi connectivity index (χ1n) is 8.09. The summed E-state index contributed by atoms with van der Waals surface area (Å²) in [5, 5.41) is 14.9. The summed E-state index contributed by atoms with van der Waals surface area (Å²) in [6, 6.07) is -0.474. The first-order chi connectivity index (χ1) is 10.8. The summed E-state index contributed by atoms with van der Waals surface area (Å²) in [5.41, 5.74) is 0.110. The van der Waals surface area contributed by atoms with Crippen LogP contribution in [0.25, 0.3) is 0 Å². The van der Waals surface area contributed by atoms with Crippen LogP contribution in [-0.2, 0) is 16.0 Å². The second kappa shape index (κ2) is 7.31. The molecule has 1 aromatic heterocycles. The van der Waals surface area contributed by atoms with E-state index >= 15 is 0 Å². The van der Waals surface area contributed by atoms with Crippen LogP contribution in [0.4, 0.5) is 4.79 Å². The van der Waals surface area contributed by atoms with Crippen molar-refractivity contribution in [2.75, 3.05) is 19.8 Å². The molecule has 0 aliphatic carbocycles. The highest BCUT2D eigenvalue weighted by atomic mass is 16.6. The number of aryl methyl sites for hydroxylation is 1. The maximum absolute atomic E-state index is 12.4. The van der Waals surface area contributed by atoms with Gasteiger partial charge in [0.25, 0.3) is 0 Å². The van der Waals surface area contributed by atoms with Gasteiger partial charge in [0.05, 0.1) is 25.5 Å². The number of hydrogen-bond acceptors (Lipinski definition) is 5. The molecular weight excluding hydrogens is 298 g/mol. The van der Waals surface area contributed by atoms with Crippen molar-refractivity contribution in [2.24, 2.45) is 0 Å². The Kier molecular flexibility index (Phi) is 5.64. The minimum absolute atomic E-state index is 0.277. The molecule has 7 nitrogen and oxygen atoms in total. The summed E-state index contributed by atoms with van der Waals surface area (Å²) in [6.45, 7) is 9.46. The molecular formula is C16H27N3O4. The van der Waals surface area contributed by atoms with Gasteiger partial charge in [0, 0.05) is 24.8 Å². The SMILES string of the molecule is CCCn1cc(C(O)C2COCCN2C(=O)OC(C)(C)C)cn1. The fourth-order valence-corrected chi connectivity index (χ4v) is 2.54. The van der Waals surface area contributed by atoms with Crippen LogP contribution in [0.3, 0.4) is 0 Å². The lowest BCUT2D eigenvalue weighted by Gasteiger charge is -2.38. The number of hydrogen-bond donors (Lipinski definition) is 1. The smallest absolute Gasteiger partial charge is 0.410 e. The molecule has 2 rings (SSSR count). The van der Waals surface area contributed by atoms with Crippen molar-refractivity contribution in [1.82, 2.24) is 14.7 Å². The van der Waals surface area contributed by atoms with Gasteiger partial charge >= 0.3 is 6.09 Å². The van der Waals surface area contributed by atoms with E-state index in [9.17, 15) is 9.90 Å². The number of aliphatic hydroxyl groups excluding tert-OH is 1. The predicted molar refractivity (Wildman–Crippen MR) is 85.0 cm³/mol. The van der Waals surface area contributed by atoms with Crippen molar-refractivity contribution in [2.45, 2.75) is 58.4 Å². The summed E-state index contributed by atoms with van der Waals surface area (Å²) in [5.74, 6) is 0. The van der Waals surface area contributed by atoms with E-state index in [2.05, 4.69) is 12.0 Å². The average Bonchev–Trinajstić information content (AvgIpc) is 2.94. The molecule has 2 atom stereocenters. The summed E-state index contributed by atoms with van der Waals surface area (Å²) < 4.78 is 12.7. The fraction of sp³-hybridized carbons (Fsp3) is 0.750. The number of aliphatic hydroxyl groups is 1. The predicted octanol–water partition coefficient (Wildman–Crippen LogP) is 1.96. The van der Waals surface area contributed by atoms with Gasteiger partial charge in [-0.2, -0.15) is 5.10 Å². The van der Waals surface area contributed by atoms with Gasteiger partial charge in [-0.3, -0.25) is 9.58 Å². The molecule has 130 valence electrons. The van der Waals surface area contributed by atoms with Crippen molar-refractivity contribution in [3.8, 4) is 0 Å². The van der Waals surface area contributed by atoms with Gasteiger partial charge in [-0.05, 0) is 27.2 Å². The normalized spacial score (nSPS) is 20.4. The second-order valence-corrected chi connectivity index (χ2v) is 6.80. The summed E-state index contributed by atoms with van der Waals surface area (Å²) in [4.78, 5) is 13.9. The maximum Gasteiger partial charge on any atom is 0.410 e. The topological polar surface area (TPSA) is 76.8 Å². The molecule has 1 saturated heterocycles. The van der Waals surface area contributed by atoms with Crippen molar-refractivity contribution < 1.29 is 19.4 Å². The molecule has 1 fully saturated rings. The third kappa shape index (κ3) is 4.68. The standard InChI is InChI=1S/C16H27N3O4/c1-5-6-18-10-12(9-17-18)14(20)13-11-22-8-7-19(13)15(21)23-16(2,3)4/h9-10,13-14,20H,5-8,11H2,1-4H3. The molecule has 23 heavy (non-hydrogen) atoms. The lowest BCUT2D eigenvalue weighted by molar-refractivity contribution is -0.0672. The third-order valence-electron chi connectivity index (χ3n) is 3.61. The van der Waals surface area contributed by atoms with E-state index < -0.39 is 23.8 Å². The lowest BCUT2D eigenvalue weighted by Crippen LogP contribution is -2.52. The van der Waals surface area contributed by atoms with Crippen LogP contribution in [0.15, 0.2) is 12.4 Å². The Balaban J connectivity index is 2.11. The van der Waals surface area contributed by atoms with Crippen LogP contribution >= 0.6 is 0 Å². The largest absolute Gasteiger partial charge is 0.444 e. The van der Waals surface area contributed by atoms with E-state index in [0.29, 0.717) is 18.7 Å². The van der Waals surface area contributed by atoms with Gasteiger partial charge in [-0.25, -0.2) is 4.79 Å². The Hall–Kier alpha value is -1.60. The first kappa shape index (κ1) is 17.7. The monoisotopic (exact) mass is 325 g/mol. The zero-order valence-electron chi connectivity index (χ0n) is 14.4. The highest BCUT2D eigenvalue weighted by molar-refractivity contribution is 5.68. The minimum atomic E-state index is -0.853. The molecule has 0 spiro atoms. The number of carbonyl (C=O) groups is 1. The lowest BCUT2D eigenvalue weighted by atomic mass is 10.0. The van der Waals surface area contributed by atoms with Gasteiger partial charge in [0.2, 0.25) is 0 Å². The first-order valence-corrected chi connectivity index (χ1v) is 8.09. The molecule has 0 bridgehead atoms. The van der Waals surface area contributed by atoms with E-state index in [1.807, 2.05) is 27.0 Å². The highest BCUT2D eigenvalue weighted by Gasteiger charge is 2.36. The van der Waals surface area contributed by atoms with Crippen LogP contribution in [0.5, 0.6) is 0 Å². The van der Waals surface area contributed by atoms with Gasteiger partial charge in [0.1, 0.15) is 11.7 Å². The van der Waals surface area contributed by atoms with Gasteiger partial charge in [-0.1, -0.05) is 6.92 Å². The second-order valence-electron chi connectivity index (χ2n) is 6.80. The van der Waals surface area contributed by atoms with Crippen LogP contribution in [0.1, 0.15) is 45.8 Å². The zero-order valence-corrected chi connectivity index (χ0v) is 14.4. The molecule has 7 heteroatoms. The van der Waals surface area contributed by atoms with Gasteiger partial charge in [0.15, 0.2) is 0 Å². The fourth-order valence-electron chi connectivity index (χ4n) is 2.54. The number of amides is 1. The minimum Gasteiger partial charge on any atom is -0.444 e. The molecule has 2 heterocycles. The molecule has 0 radical (unpaired) electrons. The molecule has 1 aliphatic heterocycles. The number of carbonyl (C=O) groups excluding carboxylic acids is 1. The summed E-state index contributed by atoms with van der Waals surface area (Å²) >= 11 is 0. The van der Waals surface area contributed by atoms with Crippen LogP contribution in [0.2, 0.25) is 0 Å². The maximum atomic E-state index is 12.4. The molecule has 2 unspecified atom stereocenters. The number of ether oxygens (including phenoxy) is 2. The van der Waals surface area contributed by atoms with Crippen molar-refractivity contribution in [3.63, 3.8) is 0 Å². The van der Waals surface area contributed by atoms with E-state index in [1.54, 1.807) is 15.8 Å². The van der Waals surface area contributed by atoms with E-state index in [0.717, 1.165) is 13.0 Å². The molecule has 0 aromatic carbocycles.